The molecule has 336 valence electrons. The Hall–Kier alpha value is -6.74. The SMILES string of the molecule is Cn1nnc(-c2ccc(O[Si](C)(C)C(C)(C)C)cc2)c1Cc1cc([N+](=O)[O-])ccc1OC(=O)Oc1ccc([N+](=O)[O-])cc1Cc1c(-c2ccc(O[Si](C)(C)C(C)(C)C)cc2)nnn1C. The Balaban J connectivity index is 1.26. The normalized spacial score (nSPS) is 12.2. The molecule has 0 spiro atoms. The molecule has 0 saturated carbocycles. The fraction of sp³-hybridized carbons (Fsp3) is 0.356. The van der Waals surface area contributed by atoms with E-state index in [9.17, 15) is 25.0 Å². The highest BCUT2D eigenvalue weighted by molar-refractivity contribution is 6.75. The van der Waals surface area contributed by atoms with Crippen LogP contribution in [0.3, 0.4) is 0 Å². The summed E-state index contributed by atoms with van der Waals surface area (Å²) in [5.74, 6) is 1.45. The number of aryl methyl sites for hydroxylation is 2. The van der Waals surface area contributed by atoms with Crippen LogP contribution in [0.4, 0.5) is 16.2 Å². The predicted octanol–water partition coefficient (Wildman–Crippen LogP) is 10.6. The van der Waals surface area contributed by atoms with Crippen LogP contribution < -0.4 is 18.3 Å². The predicted molar refractivity (Wildman–Crippen MR) is 247 cm³/mol. The third-order valence-electron chi connectivity index (χ3n) is 12.1. The van der Waals surface area contributed by atoms with E-state index in [0.717, 1.165) is 22.6 Å². The Morgan fingerprint density at radius 2 is 0.938 bits per heavy atom. The molecule has 0 unspecified atom stereocenters. The monoisotopic (exact) mass is 906 g/mol. The van der Waals surface area contributed by atoms with Crippen molar-refractivity contribution in [1.82, 2.24) is 30.0 Å². The highest BCUT2D eigenvalue weighted by Gasteiger charge is 2.40. The molecule has 2 heterocycles. The molecule has 2 aromatic heterocycles. The van der Waals surface area contributed by atoms with E-state index >= 15 is 0 Å². The second-order valence-corrected chi connectivity index (χ2v) is 28.1. The Bertz CT molecular complexity index is 2520. The third-order valence-corrected chi connectivity index (χ3v) is 20.8. The van der Waals surface area contributed by atoms with Gasteiger partial charge in [-0.3, -0.25) is 29.6 Å². The zero-order valence-corrected chi connectivity index (χ0v) is 40.2. The number of non-ortho nitro benzene ring substituents is 2. The molecule has 0 N–H and O–H groups in total. The molecule has 0 fully saturated rings. The average molecular weight is 907 g/mol. The smallest absolute Gasteiger partial charge is 0.519 e. The summed E-state index contributed by atoms with van der Waals surface area (Å²) in [7, 11) is -0.777. The van der Waals surface area contributed by atoms with Gasteiger partial charge in [0.15, 0.2) is 0 Å². The molecule has 6 aromatic rings. The minimum Gasteiger partial charge on any atom is -0.544 e. The molecule has 0 amide bonds. The van der Waals surface area contributed by atoms with Crippen LogP contribution in [0.5, 0.6) is 23.0 Å². The minimum atomic E-state index is -2.09. The molecule has 0 radical (unpaired) electrons. The van der Waals surface area contributed by atoms with Crippen molar-refractivity contribution >= 4 is 34.2 Å². The van der Waals surface area contributed by atoms with Gasteiger partial charge in [-0.15, -0.1) is 10.2 Å². The van der Waals surface area contributed by atoms with Gasteiger partial charge in [0.2, 0.25) is 16.6 Å². The molecule has 0 atom stereocenters. The molecule has 4 aromatic carbocycles. The van der Waals surface area contributed by atoms with E-state index < -0.39 is 32.6 Å². The number of rotatable bonds is 14. The maximum atomic E-state index is 13.6. The fourth-order valence-corrected chi connectivity index (χ4v) is 8.31. The van der Waals surface area contributed by atoms with Gasteiger partial charge in [-0.2, -0.15) is 0 Å². The van der Waals surface area contributed by atoms with Gasteiger partial charge in [-0.05, 0) is 96.9 Å². The lowest BCUT2D eigenvalue weighted by Crippen LogP contribution is -2.43. The standard InChI is InChI=1S/C45H54N8O9Si2/c1-44(2,3)63(9,10)61-35-19-13-29(14-20-35)41-37(50(7)48-46-41)27-31-25-33(52(55)56)17-23-39(31)59-43(54)60-40-24-18-34(53(57)58)26-32(40)28-38-42(47-49-51(38)8)30-15-21-36(22-16-30)62-64(11,12)45(4,5)6/h13-26H,27-28H2,1-12H3. The minimum absolute atomic E-state index is 0.00916. The zero-order valence-electron chi connectivity index (χ0n) is 38.2. The lowest BCUT2D eigenvalue weighted by molar-refractivity contribution is -0.385. The Labute approximate surface area is 373 Å². The molecular formula is C45H54N8O9Si2. The lowest BCUT2D eigenvalue weighted by Gasteiger charge is -2.36. The average Bonchev–Trinajstić information content (AvgIpc) is 3.75. The number of ether oxygens (including phenoxy) is 2. The van der Waals surface area contributed by atoms with Gasteiger partial charge in [-0.1, -0.05) is 52.0 Å². The molecule has 19 heteroatoms. The van der Waals surface area contributed by atoms with Gasteiger partial charge >= 0.3 is 6.16 Å². The maximum Gasteiger partial charge on any atom is 0.519 e. The summed E-state index contributed by atoms with van der Waals surface area (Å²) in [5.41, 5.74) is 3.82. The quantitative estimate of drug-likeness (QED) is 0.0329. The number of carbonyl (C=O) groups excluding carboxylic acids is 1. The van der Waals surface area contributed by atoms with Gasteiger partial charge in [0, 0.05) is 73.5 Å². The first-order chi connectivity index (χ1) is 29.8. The van der Waals surface area contributed by atoms with Gasteiger partial charge in [0.1, 0.15) is 34.4 Å². The van der Waals surface area contributed by atoms with Crippen molar-refractivity contribution in [3.05, 3.63) is 128 Å². The topological polar surface area (TPSA) is 202 Å². The van der Waals surface area contributed by atoms with E-state index in [1.807, 2.05) is 48.5 Å². The van der Waals surface area contributed by atoms with Crippen molar-refractivity contribution in [2.24, 2.45) is 14.1 Å². The van der Waals surface area contributed by atoms with Gasteiger partial charge in [0.25, 0.3) is 11.4 Å². The summed E-state index contributed by atoms with van der Waals surface area (Å²) in [6.07, 6.45) is -1.10. The molecule has 0 aliphatic rings. The van der Waals surface area contributed by atoms with Crippen LogP contribution in [0.2, 0.25) is 36.3 Å². The summed E-state index contributed by atoms with van der Waals surface area (Å²) >= 11 is 0. The second-order valence-electron chi connectivity index (χ2n) is 18.7. The van der Waals surface area contributed by atoms with Crippen LogP contribution >= 0.6 is 0 Å². The number of carbonyl (C=O) groups is 1. The van der Waals surface area contributed by atoms with Crippen molar-refractivity contribution in [2.45, 2.75) is 90.6 Å². The first-order valence-corrected chi connectivity index (χ1v) is 26.5. The van der Waals surface area contributed by atoms with Crippen LogP contribution in [-0.4, -0.2) is 62.6 Å². The number of nitro benzene ring substituents is 2. The van der Waals surface area contributed by atoms with Crippen molar-refractivity contribution in [3.63, 3.8) is 0 Å². The number of hydrogen-bond donors (Lipinski definition) is 0. The van der Waals surface area contributed by atoms with Crippen LogP contribution in [-0.2, 0) is 26.9 Å². The van der Waals surface area contributed by atoms with Crippen molar-refractivity contribution < 1.29 is 33.0 Å². The van der Waals surface area contributed by atoms with Crippen molar-refractivity contribution in [3.8, 4) is 45.5 Å². The zero-order chi connectivity index (χ0) is 46.9. The van der Waals surface area contributed by atoms with Gasteiger partial charge < -0.3 is 18.3 Å². The first-order valence-electron chi connectivity index (χ1n) is 20.6. The van der Waals surface area contributed by atoms with Gasteiger partial charge in [0.05, 0.1) is 21.2 Å². The highest BCUT2D eigenvalue weighted by Crippen LogP contribution is 2.40. The first kappa shape index (κ1) is 46.8. The van der Waals surface area contributed by atoms with E-state index in [1.54, 1.807) is 23.5 Å². The fourth-order valence-electron chi connectivity index (χ4n) is 6.25. The van der Waals surface area contributed by atoms with Crippen molar-refractivity contribution in [2.75, 3.05) is 0 Å². The summed E-state index contributed by atoms with van der Waals surface area (Å²) < 4.78 is 27.5. The molecule has 0 saturated heterocycles. The van der Waals surface area contributed by atoms with Crippen LogP contribution in [0.1, 0.15) is 64.1 Å². The number of aromatic nitrogens is 6. The molecule has 0 aliphatic heterocycles. The maximum absolute atomic E-state index is 13.6. The molecule has 64 heavy (non-hydrogen) atoms. The van der Waals surface area contributed by atoms with Crippen LogP contribution in [0, 0.1) is 20.2 Å². The van der Waals surface area contributed by atoms with E-state index in [0.29, 0.717) is 22.8 Å². The molecule has 0 bridgehead atoms. The molecular weight excluding hydrogens is 853 g/mol. The lowest BCUT2D eigenvalue weighted by atomic mass is 10.0. The number of hydrogen-bond acceptors (Lipinski definition) is 13. The van der Waals surface area contributed by atoms with Crippen LogP contribution in [0.15, 0.2) is 84.9 Å². The Kier molecular flexibility index (Phi) is 13.0. The van der Waals surface area contributed by atoms with E-state index in [2.05, 4.69) is 88.4 Å². The number of nitrogens with zero attached hydrogens (tertiary/aromatic N) is 8. The van der Waals surface area contributed by atoms with Gasteiger partial charge in [-0.25, -0.2) is 4.79 Å². The summed E-state index contributed by atoms with van der Waals surface area (Å²) in [6, 6.07) is 22.8. The van der Waals surface area contributed by atoms with E-state index in [1.165, 1.54) is 36.4 Å². The van der Waals surface area contributed by atoms with E-state index in [-0.39, 0.29) is 56.9 Å². The number of benzene rings is 4. The van der Waals surface area contributed by atoms with Crippen molar-refractivity contribution in [1.29, 1.82) is 0 Å². The van der Waals surface area contributed by atoms with E-state index in [4.69, 9.17) is 18.3 Å². The molecule has 17 nitrogen and oxygen atoms in total. The Morgan fingerprint density at radius 1 is 0.594 bits per heavy atom. The molecule has 6 rings (SSSR count). The van der Waals surface area contributed by atoms with Crippen LogP contribution in [0.25, 0.3) is 22.5 Å². The summed E-state index contributed by atoms with van der Waals surface area (Å²) in [5, 5.41) is 41.1. The largest absolute Gasteiger partial charge is 0.544 e. The second kappa shape index (κ2) is 17.8. The Morgan fingerprint density at radius 3 is 1.25 bits per heavy atom. The highest BCUT2D eigenvalue weighted by atomic mass is 28.4. The molecule has 0 aliphatic carbocycles. The summed E-state index contributed by atoms with van der Waals surface area (Å²) in [6.45, 7) is 21.7. The summed E-state index contributed by atoms with van der Waals surface area (Å²) in [4.78, 5) is 36.4. The number of nitro groups is 2. The third kappa shape index (κ3) is 10.4.